The van der Waals surface area contributed by atoms with Gasteiger partial charge in [-0.05, 0) is 31.7 Å². The van der Waals surface area contributed by atoms with Gasteiger partial charge in [0.15, 0.2) is 6.61 Å². The number of nitrogens with zero attached hydrogens (tertiary/aromatic N) is 3. The molecule has 0 unspecified atom stereocenters. The SMILES string of the molecule is O=C1COc2ccc([N+](=O)[O-])cc2N1CC(=O)N(C1CCCCC1)C1CC1. The molecular formula is C19H23N3O5. The lowest BCUT2D eigenvalue weighted by molar-refractivity contribution is -0.384. The Morgan fingerprint density at radius 2 is 1.89 bits per heavy atom. The number of fused-ring (bicyclic) bond motifs is 1. The molecule has 2 fully saturated rings. The van der Waals surface area contributed by atoms with E-state index in [-0.39, 0.29) is 42.7 Å². The van der Waals surface area contributed by atoms with Crippen molar-refractivity contribution >= 4 is 23.2 Å². The Balaban J connectivity index is 1.57. The van der Waals surface area contributed by atoms with Gasteiger partial charge in [-0.1, -0.05) is 19.3 Å². The molecule has 0 bridgehead atoms. The Kier molecular flexibility index (Phi) is 4.72. The second kappa shape index (κ2) is 7.17. The molecule has 0 radical (unpaired) electrons. The smallest absolute Gasteiger partial charge is 0.271 e. The summed E-state index contributed by atoms with van der Waals surface area (Å²) in [4.78, 5) is 39.4. The lowest BCUT2D eigenvalue weighted by atomic mass is 9.94. The van der Waals surface area contributed by atoms with E-state index in [0.717, 1.165) is 38.5 Å². The van der Waals surface area contributed by atoms with Crippen molar-refractivity contribution in [1.29, 1.82) is 0 Å². The highest BCUT2D eigenvalue weighted by Crippen LogP contribution is 2.37. The molecule has 2 saturated carbocycles. The van der Waals surface area contributed by atoms with Crippen molar-refractivity contribution in [2.24, 2.45) is 0 Å². The number of hydrogen-bond donors (Lipinski definition) is 0. The van der Waals surface area contributed by atoms with Gasteiger partial charge in [-0.15, -0.1) is 0 Å². The van der Waals surface area contributed by atoms with E-state index in [4.69, 9.17) is 4.74 Å². The number of hydrogen-bond acceptors (Lipinski definition) is 5. The van der Waals surface area contributed by atoms with Crippen LogP contribution in [0.5, 0.6) is 5.75 Å². The van der Waals surface area contributed by atoms with Gasteiger partial charge in [0.05, 0.1) is 10.6 Å². The molecule has 0 spiro atoms. The molecule has 1 aromatic carbocycles. The molecule has 1 heterocycles. The van der Waals surface area contributed by atoms with Crippen LogP contribution in [0, 0.1) is 10.1 Å². The number of anilines is 1. The predicted molar refractivity (Wildman–Crippen MR) is 97.7 cm³/mol. The molecule has 8 nitrogen and oxygen atoms in total. The second-order valence-electron chi connectivity index (χ2n) is 7.50. The number of carbonyl (C=O) groups is 2. The molecule has 144 valence electrons. The van der Waals surface area contributed by atoms with Crippen LogP contribution in [0.2, 0.25) is 0 Å². The molecule has 1 aliphatic heterocycles. The van der Waals surface area contributed by atoms with Crippen molar-refractivity contribution in [3.8, 4) is 5.75 Å². The summed E-state index contributed by atoms with van der Waals surface area (Å²) < 4.78 is 5.38. The van der Waals surface area contributed by atoms with Gasteiger partial charge >= 0.3 is 0 Å². The highest BCUT2D eigenvalue weighted by molar-refractivity contribution is 6.02. The number of non-ortho nitro benzene ring substituents is 1. The van der Waals surface area contributed by atoms with Crippen molar-refractivity contribution < 1.29 is 19.2 Å². The zero-order valence-corrected chi connectivity index (χ0v) is 15.1. The molecule has 0 aromatic heterocycles. The average molecular weight is 373 g/mol. The summed E-state index contributed by atoms with van der Waals surface area (Å²) in [7, 11) is 0. The average Bonchev–Trinajstić information content (AvgIpc) is 3.49. The van der Waals surface area contributed by atoms with Gasteiger partial charge < -0.3 is 9.64 Å². The topological polar surface area (TPSA) is 93.0 Å². The number of nitro benzene ring substituents is 1. The monoisotopic (exact) mass is 373 g/mol. The highest BCUT2D eigenvalue weighted by atomic mass is 16.6. The first-order valence-corrected chi connectivity index (χ1v) is 9.57. The van der Waals surface area contributed by atoms with E-state index in [2.05, 4.69) is 0 Å². The van der Waals surface area contributed by atoms with Crippen LogP contribution in [0.15, 0.2) is 18.2 Å². The third-order valence-electron chi connectivity index (χ3n) is 5.59. The number of amides is 2. The molecule has 2 amide bonds. The summed E-state index contributed by atoms with van der Waals surface area (Å²) in [6.45, 7) is -0.256. The van der Waals surface area contributed by atoms with Crippen LogP contribution in [0.1, 0.15) is 44.9 Å². The Morgan fingerprint density at radius 1 is 1.19 bits per heavy atom. The van der Waals surface area contributed by atoms with Crippen LogP contribution < -0.4 is 9.64 Å². The van der Waals surface area contributed by atoms with Crippen molar-refractivity contribution in [3.63, 3.8) is 0 Å². The normalized spacial score (nSPS) is 20.0. The van der Waals surface area contributed by atoms with Crippen LogP contribution in [-0.2, 0) is 9.59 Å². The zero-order chi connectivity index (χ0) is 19.0. The third-order valence-corrected chi connectivity index (χ3v) is 5.59. The van der Waals surface area contributed by atoms with Crippen LogP contribution in [0.3, 0.4) is 0 Å². The minimum atomic E-state index is -0.516. The van der Waals surface area contributed by atoms with Gasteiger partial charge in [0.1, 0.15) is 12.3 Å². The molecule has 2 aliphatic carbocycles. The van der Waals surface area contributed by atoms with E-state index in [1.165, 1.54) is 29.5 Å². The van der Waals surface area contributed by atoms with Gasteiger partial charge in [-0.3, -0.25) is 24.6 Å². The fourth-order valence-corrected chi connectivity index (χ4v) is 4.11. The number of nitro groups is 1. The number of benzene rings is 1. The first-order valence-electron chi connectivity index (χ1n) is 9.57. The summed E-state index contributed by atoms with van der Waals surface area (Å²) in [6, 6.07) is 4.66. The van der Waals surface area contributed by atoms with Crippen LogP contribution in [0.4, 0.5) is 11.4 Å². The quantitative estimate of drug-likeness (QED) is 0.584. The summed E-state index contributed by atoms with van der Waals surface area (Å²) in [6.07, 6.45) is 7.53. The number of rotatable bonds is 5. The van der Waals surface area contributed by atoms with Crippen molar-refractivity contribution in [2.75, 3.05) is 18.1 Å². The molecule has 0 saturated heterocycles. The number of ether oxygens (including phenoxy) is 1. The summed E-state index contributed by atoms with van der Waals surface area (Å²) >= 11 is 0. The minimum absolute atomic E-state index is 0.0721. The maximum absolute atomic E-state index is 13.1. The lowest BCUT2D eigenvalue weighted by Crippen LogP contribution is -2.50. The molecular weight excluding hydrogens is 350 g/mol. The van der Waals surface area contributed by atoms with Gasteiger partial charge in [0.25, 0.3) is 11.6 Å². The van der Waals surface area contributed by atoms with E-state index in [1.807, 2.05) is 4.90 Å². The molecule has 3 aliphatic rings. The van der Waals surface area contributed by atoms with Crippen molar-refractivity contribution in [2.45, 2.75) is 57.0 Å². The zero-order valence-electron chi connectivity index (χ0n) is 15.1. The minimum Gasteiger partial charge on any atom is -0.482 e. The Labute approximate surface area is 157 Å². The van der Waals surface area contributed by atoms with Crippen LogP contribution in [-0.4, -0.2) is 46.9 Å². The van der Waals surface area contributed by atoms with E-state index in [0.29, 0.717) is 11.4 Å². The van der Waals surface area contributed by atoms with Gasteiger partial charge in [0, 0.05) is 24.2 Å². The Bertz CT molecular complexity index is 771. The third kappa shape index (κ3) is 3.61. The fourth-order valence-electron chi connectivity index (χ4n) is 4.11. The number of carbonyl (C=O) groups excluding carboxylic acids is 2. The van der Waals surface area contributed by atoms with Crippen molar-refractivity contribution in [3.05, 3.63) is 28.3 Å². The summed E-state index contributed by atoms with van der Waals surface area (Å²) in [5.41, 5.74) is 0.170. The maximum atomic E-state index is 13.1. The molecule has 4 rings (SSSR count). The second-order valence-corrected chi connectivity index (χ2v) is 7.50. The van der Waals surface area contributed by atoms with Crippen LogP contribution in [0.25, 0.3) is 0 Å². The van der Waals surface area contributed by atoms with Crippen LogP contribution >= 0.6 is 0 Å². The Hall–Kier alpha value is -2.64. The van der Waals surface area contributed by atoms with Gasteiger partial charge in [-0.2, -0.15) is 0 Å². The van der Waals surface area contributed by atoms with E-state index >= 15 is 0 Å². The Morgan fingerprint density at radius 3 is 2.56 bits per heavy atom. The van der Waals surface area contributed by atoms with E-state index in [9.17, 15) is 19.7 Å². The lowest BCUT2D eigenvalue weighted by Gasteiger charge is -2.37. The first-order chi connectivity index (χ1) is 13.0. The predicted octanol–water partition coefficient (Wildman–Crippen LogP) is 2.64. The standard InChI is InChI=1S/C19H23N3O5/c23-18(21(14-6-7-14)13-4-2-1-3-5-13)11-20-16-10-15(22(25)26)8-9-17(16)27-12-19(20)24/h8-10,13-14H,1-7,11-12H2. The highest BCUT2D eigenvalue weighted by Gasteiger charge is 2.39. The van der Waals surface area contributed by atoms with E-state index in [1.54, 1.807) is 0 Å². The molecule has 8 heteroatoms. The van der Waals surface area contributed by atoms with Crippen molar-refractivity contribution in [1.82, 2.24) is 4.90 Å². The molecule has 0 N–H and O–H groups in total. The fraction of sp³-hybridized carbons (Fsp3) is 0.579. The van der Waals surface area contributed by atoms with E-state index < -0.39 is 4.92 Å². The van der Waals surface area contributed by atoms with Gasteiger partial charge in [-0.25, -0.2) is 0 Å². The largest absolute Gasteiger partial charge is 0.482 e. The first kappa shape index (κ1) is 17.8. The maximum Gasteiger partial charge on any atom is 0.271 e. The van der Waals surface area contributed by atoms with Gasteiger partial charge in [0.2, 0.25) is 5.91 Å². The molecule has 1 aromatic rings. The molecule has 0 atom stereocenters. The molecule has 27 heavy (non-hydrogen) atoms. The summed E-state index contributed by atoms with van der Waals surface area (Å²) in [5.74, 6) is -0.0310. The summed E-state index contributed by atoms with van der Waals surface area (Å²) in [5, 5.41) is 11.1.